The lowest BCUT2D eigenvalue weighted by Gasteiger charge is -2.35. The van der Waals surface area contributed by atoms with Crippen molar-refractivity contribution in [3.63, 3.8) is 0 Å². The van der Waals surface area contributed by atoms with Gasteiger partial charge in [-0.2, -0.15) is 0 Å². The first kappa shape index (κ1) is 14.1. The molecule has 2 aliphatic rings. The van der Waals surface area contributed by atoms with Gasteiger partial charge >= 0.3 is 0 Å². The van der Waals surface area contributed by atoms with E-state index in [9.17, 15) is 0 Å². The van der Waals surface area contributed by atoms with Gasteiger partial charge in [-0.3, -0.25) is 0 Å². The van der Waals surface area contributed by atoms with E-state index in [4.69, 9.17) is 12.2 Å². The molecule has 0 atom stereocenters. The van der Waals surface area contributed by atoms with Crippen LogP contribution in [0, 0.1) is 5.92 Å². The van der Waals surface area contributed by atoms with Crippen molar-refractivity contribution in [3.8, 4) is 0 Å². The van der Waals surface area contributed by atoms with E-state index in [1.54, 1.807) is 0 Å². The molecule has 2 rings (SSSR count). The second-order valence-electron chi connectivity index (χ2n) is 5.67. The summed E-state index contributed by atoms with van der Waals surface area (Å²) in [5.74, 6) is 0.897. The van der Waals surface area contributed by atoms with E-state index in [2.05, 4.69) is 22.0 Å². The van der Waals surface area contributed by atoms with Gasteiger partial charge in [-0.25, -0.2) is 0 Å². The van der Waals surface area contributed by atoms with Gasteiger partial charge in [0.2, 0.25) is 0 Å². The molecule has 0 spiro atoms. The van der Waals surface area contributed by atoms with E-state index in [1.165, 1.54) is 45.3 Å². The van der Waals surface area contributed by atoms with E-state index in [0.717, 1.165) is 37.1 Å². The van der Waals surface area contributed by atoms with Crippen molar-refractivity contribution < 1.29 is 0 Å². The summed E-state index contributed by atoms with van der Waals surface area (Å²) in [4.78, 5) is 5.00. The Kier molecular flexibility index (Phi) is 5.70. The lowest BCUT2D eigenvalue weighted by molar-refractivity contribution is 0.200. The van der Waals surface area contributed by atoms with Crippen LogP contribution in [-0.2, 0) is 0 Å². The van der Waals surface area contributed by atoms with Crippen molar-refractivity contribution in [2.75, 3.05) is 39.3 Å². The molecular formula is C14H27N3S. The quantitative estimate of drug-likeness (QED) is 0.787. The zero-order valence-electron chi connectivity index (χ0n) is 11.7. The van der Waals surface area contributed by atoms with Gasteiger partial charge in [0, 0.05) is 26.2 Å². The zero-order valence-corrected chi connectivity index (χ0v) is 12.5. The van der Waals surface area contributed by atoms with E-state index in [1.807, 2.05) is 0 Å². The maximum Gasteiger partial charge on any atom is 0.168 e. The molecule has 0 radical (unpaired) electrons. The average molecular weight is 269 g/mol. The maximum absolute atomic E-state index is 5.43. The summed E-state index contributed by atoms with van der Waals surface area (Å²) in [5.41, 5.74) is 0. The van der Waals surface area contributed by atoms with E-state index < -0.39 is 0 Å². The normalized spacial score (nSPS) is 22.4. The van der Waals surface area contributed by atoms with Crippen LogP contribution >= 0.6 is 12.2 Å². The molecule has 0 aliphatic carbocycles. The van der Waals surface area contributed by atoms with Gasteiger partial charge in [-0.15, -0.1) is 0 Å². The minimum Gasteiger partial charge on any atom is -0.363 e. The number of hydrogen-bond donors (Lipinski definition) is 1. The number of hydrogen-bond acceptors (Lipinski definition) is 2. The predicted octanol–water partition coefficient (Wildman–Crippen LogP) is 2.08. The molecule has 18 heavy (non-hydrogen) atoms. The Bertz CT molecular complexity index is 256. The van der Waals surface area contributed by atoms with Crippen LogP contribution in [-0.4, -0.2) is 54.2 Å². The highest BCUT2D eigenvalue weighted by Gasteiger charge is 2.23. The summed E-state index contributed by atoms with van der Waals surface area (Å²) in [5, 5.41) is 4.31. The van der Waals surface area contributed by atoms with Crippen molar-refractivity contribution in [2.24, 2.45) is 5.92 Å². The number of piperidine rings is 1. The molecule has 0 aromatic carbocycles. The fraction of sp³-hybridized carbons (Fsp3) is 0.929. The Morgan fingerprint density at radius 3 is 2.44 bits per heavy atom. The molecule has 0 amide bonds. The highest BCUT2D eigenvalue weighted by Crippen LogP contribution is 2.20. The number of thiocarbonyl (C=S) groups is 1. The topological polar surface area (TPSA) is 18.5 Å². The van der Waals surface area contributed by atoms with Crippen molar-refractivity contribution in [3.05, 3.63) is 0 Å². The minimum atomic E-state index is 0.897. The van der Waals surface area contributed by atoms with Gasteiger partial charge in [0.25, 0.3) is 0 Å². The van der Waals surface area contributed by atoms with Crippen LogP contribution in [0.15, 0.2) is 0 Å². The Labute approximate surface area is 117 Å². The van der Waals surface area contributed by atoms with Crippen LogP contribution in [0.1, 0.15) is 39.0 Å². The molecular weight excluding hydrogens is 242 g/mol. The molecule has 0 aromatic heterocycles. The Morgan fingerprint density at radius 2 is 1.83 bits per heavy atom. The number of likely N-dealkylation sites (tertiary alicyclic amines) is 2. The van der Waals surface area contributed by atoms with Crippen LogP contribution in [0.25, 0.3) is 0 Å². The lowest BCUT2D eigenvalue weighted by Crippen LogP contribution is -2.45. The average Bonchev–Trinajstić information content (AvgIpc) is 2.89. The third-order valence-corrected chi connectivity index (χ3v) is 4.55. The summed E-state index contributed by atoms with van der Waals surface area (Å²) in [6.45, 7) is 9.46. The summed E-state index contributed by atoms with van der Waals surface area (Å²) in [6.07, 6.45) is 6.58. The zero-order chi connectivity index (χ0) is 12.8. The molecule has 0 bridgehead atoms. The third kappa shape index (κ3) is 4.09. The number of nitrogens with zero attached hydrogens (tertiary/aromatic N) is 2. The second kappa shape index (κ2) is 7.29. The Hall–Kier alpha value is -0.350. The molecule has 4 heteroatoms. The van der Waals surface area contributed by atoms with Crippen LogP contribution in [0.4, 0.5) is 0 Å². The van der Waals surface area contributed by atoms with Gasteiger partial charge in [-0.1, -0.05) is 6.92 Å². The van der Waals surface area contributed by atoms with Gasteiger partial charge in [0.15, 0.2) is 5.11 Å². The Morgan fingerprint density at radius 1 is 1.17 bits per heavy atom. The fourth-order valence-electron chi connectivity index (χ4n) is 2.99. The van der Waals surface area contributed by atoms with Crippen LogP contribution in [0.3, 0.4) is 0 Å². The van der Waals surface area contributed by atoms with Gasteiger partial charge in [0.1, 0.15) is 0 Å². The highest BCUT2D eigenvalue weighted by molar-refractivity contribution is 7.80. The maximum atomic E-state index is 5.43. The molecule has 2 heterocycles. The second-order valence-corrected chi connectivity index (χ2v) is 6.06. The first-order valence-electron chi connectivity index (χ1n) is 7.54. The van der Waals surface area contributed by atoms with Gasteiger partial charge in [-0.05, 0) is 63.3 Å². The van der Waals surface area contributed by atoms with Crippen molar-refractivity contribution in [1.82, 2.24) is 15.1 Å². The molecule has 0 saturated carbocycles. The van der Waals surface area contributed by atoms with Crippen molar-refractivity contribution in [1.29, 1.82) is 0 Å². The molecule has 2 aliphatic heterocycles. The molecule has 2 saturated heterocycles. The van der Waals surface area contributed by atoms with Crippen molar-refractivity contribution in [2.45, 2.75) is 39.0 Å². The van der Waals surface area contributed by atoms with Gasteiger partial charge in [0.05, 0.1) is 0 Å². The smallest absolute Gasteiger partial charge is 0.168 e. The van der Waals surface area contributed by atoms with Gasteiger partial charge < -0.3 is 15.1 Å². The minimum absolute atomic E-state index is 0.897. The summed E-state index contributed by atoms with van der Waals surface area (Å²) in [7, 11) is 0. The SMILES string of the molecule is CCCNC(=S)N1CCC(CN2CCCC2)CC1. The molecule has 1 N–H and O–H groups in total. The summed E-state index contributed by atoms with van der Waals surface area (Å²) < 4.78 is 0. The predicted molar refractivity (Wildman–Crippen MR) is 80.9 cm³/mol. The van der Waals surface area contributed by atoms with E-state index >= 15 is 0 Å². The Balaban J connectivity index is 1.65. The highest BCUT2D eigenvalue weighted by atomic mass is 32.1. The van der Waals surface area contributed by atoms with Crippen LogP contribution in [0.2, 0.25) is 0 Å². The third-order valence-electron chi connectivity index (χ3n) is 4.14. The summed E-state index contributed by atoms with van der Waals surface area (Å²) >= 11 is 5.43. The van der Waals surface area contributed by atoms with Crippen LogP contribution < -0.4 is 5.32 Å². The number of nitrogens with one attached hydrogen (secondary N) is 1. The molecule has 0 aromatic rings. The molecule has 3 nitrogen and oxygen atoms in total. The summed E-state index contributed by atoms with van der Waals surface area (Å²) in [6, 6.07) is 0. The standard InChI is InChI=1S/C14H27N3S/c1-2-7-15-14(18)17-10-5-13(6-11-17)12-16-8-3-4-9-16/h13H,2-12H2,1H3,(H,15,18). The van der Waals surface area contributed by atoms with Crippen molar-refractivity contribution >= 4 is 17.3 Å². The molecule has 104 valence electrons. The van der Waals surface area contributed by atoms with E-state index in [-0.39, 0.29) is 0 Å². The molecule has 0 unspecified atom stereocenters. The monoisotopic (exact) mass is 269 g/mol. The van der Waals surface area contributed by atoms with Crippen LogP contribution in [0.5, 0.6) is 0 Å². The first-order valence-corrected chi connectivity index (χ1v) is 7.95. The van der Waals surface area contributed by atoms with E-state index in [0.29, 0.717) is 0 Å². The first-order chi connectivity index (χ1) is 8.79. The fourth-order valence-corrected chi connectivity index (χ4v) is 3.28. The molecule has 2 fully saturated rings. The number of rotatable bonds is 4. The largest absolute Gasteiger partial charge is 0.363 e. The lowest BCUT2D eigenvalue weighted by atomic mass is 9.96.